The van der Waals surface area contributed by atoms with Crippen molar-refractivity contribution < 1.29 is 0 Å². The van der Waals surface area contributed by atoms with Gasteiger partial charge >= 0.3 is 0 Å². The highest BCUT2D eigenvalue weighted by Crippen LogP contribution is 1.89. The van der Waals surface area contributed by atoms with E-state index >= 15 is 0 Å². The Kier molecular flexibility index (Phi) is 1.18. The lowest BCUT2D eigenvalue weighted by atomic mass is 10.4. The molecular formula is C6H4N2. The van der Waals surface area contributed by atoms with E-state index < -0.39 is 0 Å². The molecule has 1 aliphatic rings. The van der Waals surface area contributed by atoms with Gasteiger partial charge in [0.25, 0.3) is 0 Å². The lowest BCUT2D eigenvalue weighted by Gasteiger charge is -1.94. The molecule has 0 atom stereocenters. The summed E-state index contributed by atoms with van der Waals surface area (Å²) in [7, 11) is 0. The van der Waals surface area contributed by atoms with E-state index in [9.17, 15) is 0 Å². The topological polar surface area (TPSA) is 35.8 Å². The Labute approximate surface area is 47.4 Å². The molecule has 0 aliphatic carbocycles. The molecule has 0 amide bonds. The monoisotopic (exact) mass is 104 g/mol. The second-order valence-corrected chi connectivity index (χ2v) is 1.31. The minimum atomic E-state index is 0.559. The van der Waals surface area contributed by atoms with Gasteiger partial charge in [0.2, 0.25) is 0 Å². The van der Waals surface area contributed by atoms with Crippen molar-refractivity contribution in [1.82, 2.24) is 5.32 Å². The van der Waals surface area contributed by atoms with Crippen LogP contribution in [-0.4, -0.2) is 0 Å². The van der Waals surface area contributed by atoms with Crippen LogP contribution >= 0.6 is 0 Å². The van der Waals surface area contributed by atoms with E-state index in [1.807, 2.05) is 6.07 Å². The van der Waals surface area contributed by atoms with Crippen LogP contribution < -0.4 is 5.32 Å². The first kappa shape index (κ1) is 4.70. The molecule has 2 nitrogen and oxygen atoms in total. The molecule has 0 spiro atoms. The molecule has 0 unspecified atom stereocenters. The molecule has 1 N–H and O–H groups in total. The average molecular weight is 104 g/mol. The highest BCUT2D eigenvalue weighted by Gasteiger charge is 1.87. The standard InChI is InChI=1S/C6H4N2/c7-5-6-3-1-2-4-8-6/h1,3-4,8H. The van der Waals surface area contributed by atoms with Crippen molar-refractivity contribution in [3.63, 3.8) is 0 Å². The van der Waals surface area contributed by atoms with E-state index in [-0.39, 0.29) is 0 Å². The molecule has 0 saturated carbocycles. The predicted molar refractivity (Wildman–Crippen MR) is 29.5 cm³/mol. The molecule has 0 aromatic carbocycles. The van der Waals surface area contributed by atoms with Gasteiger partial charge in [-0.25, -0.2) is 0 Å². The van der Waals surface area contributed by atoms with Crippen molar-refractivity contribution in [2.24, 2.45) is 0 Å². The normalized spacial score (nSPS) is 14.1. The van der Waals surface area contributed by atoms with Gasteiger partial charge in [0.15, 0.2) is 0 Å². The molecule has 0 bridgehead atoms. The number of nitrogens with zero attached hydrogens (tertiary/aromatic N) is 1. The van der Waals surface area contributed by atoms with Crippen molar-refractivity contribution in [3.05, 3.63) is 29.8 Å². The number of hydrogen-bond donors (Lipinski definition) is 1. The fraction of sp³-hybridized carbons (Fsp3) is 0. The minimum Gasteiger partial charge on any atom is -0.346 e. The summed E-state index contributed by atoms with van der Waals surface area (Å²) in [5.74, 6) is 0. The van der Waals surface area contributed by atoms with Crippen molar-refractivity contribution in [2.45, 2.75) is 0 Å². The average Bonchev–Trinajstić information content (AvgIpc) is 1.90. The van der Waals surface area contributed by atoms with Crippen LogP contribution in [0.2, 0.25) is 0 Å². The van der Waals surface area contributed by atoms with Crippen molar-refractivity contribution in [3.8, 4) is 6.07 Å². The van der Waals surface area contributed by atoms with E-state index in [1.54, 1.807) is 18.4 Å². The summed E-state index contributed by atoms with van der Waals surface area (Å²) < 4.78 is 0. The SMILES string of the molecule is N#CC1=CC=C=CN1. The van der Waals surface area contributed by atoms with Crippen LogP contribution in [0.5, 0.6) is 0 Å². The Bertz CT molecular complexity index is 211. The summed E-state index contributed by atoms with van der Waals surface area (Å²) in [6, 6.07) is 1.95. The number of nitrogens with one attached hydrogen (secondary N) is 1. The van der Waals surface area contributed by atoms with Crippen molar-refractivity contribution in [1.29, 1.82) is 5.26 Å². The first-order valence-corrected chi connectivity index (χ1v) is 2.21. The van der Waals surface area contributed by atoms with Gasteiger partial charge in [-0.2, -0.15) is 5.26 Å². The van der Waals surface area contributed by atoms with Gasteiger partial charge in [-0.15, -0.1) is 5.73 Å². The lowest BCUT2D eigenvalue weighted by Crippen LogP contribution is -2.02. The van der Waals surface area contributed by atoms with E-state index in [0.29, 0.717) is 5.70 Å². The maximum atomic E-state index is 8.24. The van der Waals surface area contributed by atoms with Crippen LogP contribution in [-0.2, 0) is 0 Å². The molecule has 2 heteroatoms. The molecule has 0 aromatic heterocycles. The fourth-order valence-electron chi connectivity index (χ4n) is 0.417. The van der Waals surface area contributed by atoms with Crippen molar-refractivity contribution in [2.75, 3.05) is 0 Å². The fourth-order valence-corrected chi connectivity index (χ4v) is 0.417. The van der Waals surface area contributed by atoms with E-state index in [1.165, 1.54) is 0 Å². The second-order valence-electron chi connectivity index (χ2n) is 1.31. The number of nitriles is 1. The second kappa shape index (κ2) is 2.02. The Morgan fingerprint density at radius 3 is 3.00 bits per heavy atom. The molecule has 0 fully saturated rings. The Morgan fingerprint density at radius 1 is 1.75 bits per heavy atom. The molecule has 1 rings (SSSR count). The van der Waals surface area contributed by atoms with E-state index in [0.717, 1.165) is 0 Å². The Morgan fingerprint density at radius 2 is 2.62 bits per heavy atom. The third kappa shape index (κ3) is 0.784. The van der Waals surface area contributed by atoms with Crippen LogP contribution in [0, 0.1) is 11.3 Å². The first-order chi connectivity index (χ1) is 3.93. The van der Waals surface area contributed by atoms with Gasteiger partial charge in [0, 0.05) is 6.20 Å². The number of rotatable bonds is 0. The van der Waals surface area contributed by atoms with Crippen LogP contribution in [0.1, 0.15) is 0 Å². The third-order valence-electron chi connectivity index (χ3n) is 0.778. The maximum absolute atomic E-state index is 8.24. The smallest absolute Gasteiger partial charge is 0.118 e. The molecule has 38 valence electrons. The Hall–Kier alpha value is -1.45. The van der Waals surface area contributed by atoms with Crippen LogP contribution in [0.3, 0.4) is 0 Å². The van der Waals surface area contributed by atoms with Crippen molar-refractivity contribution >= 4 is 0 Å². The third-order valence-corrected chi connectivity index (χ3v) is 0.778. The van der Waals surface area contributed by atoms with E-state index in [4.69, 9.17) is 5.26 Å². The van der Waals surface area contributed by atoms with Crippen LogP contribution in [0.25, 0.3) is 0 Å². The molecule has 0 saturated heterocycles. The van der Waals surface area contributed by atoms with Gasteiger partial charge in [-0.05, 0) is 12.2 Å². The largest absolute Gasteiger partial charge is 0.346 e. The van der Waals surface area contributed by atoms with Gasteiger partial charge in [0.1, 0.15) is 11.8 Å². The zero-order valence-corrected chi connectivity index (χ0v) is 4.18. The first-order valence-electron chi connectivity index (χ1n) is 2.21. The van der Waals surface area contributed by atoms with Gasteiger partial charge in [0.05, 0.1) is 0 Å². The van der Waals surface area contributed by atoms with Gasteiger partial charge < -0.3 is 5.32 Å². The molecule has 8 heavy (non-hydrogen) atoms. The predicted octanol–water partition coefficient (Wildman–Crippen LogP) is 0.666. The van der Waals surface area contributed by atoms with Gasteiger partial charge in [-0.1, -0.05) is 0 Å². The van der Waals surface area contributed by atoms with Crippen LogP contribution in [0.15, 0.2) is 29.8 Å². The lowest BCUT2D eigenvalue weighted by molar-refractivity contribution is 1.11. The highest BCUT2D eigenvalue weighted by molar-refractivity contribution is 5.27. The summed E-state index contributed by atoms with van der Waals surface area (Å²) in [6.45, 7) is 0. The number of allylic oxidation sites excluding steroid dienone is 3. The van der Waals surface area contributed by atoms with Crippen LogP contribution in [0.4, 0.5) is 0 Å². The molecule has 1 aliphatic heterocycles. The summed E-state index contributed by atoms with van der Waals surface area (Å²) in [5.41, 5.74) is 3.32. The Balaban J connectivity index is 2.81. The summed E-state index contributed by atoms with van der Waals surface area (Å²) >= 11 is 0. The highest BCUT2D eigenvalue weighted by atomic mass is 14.8. The molecule has 1 heterocycles. The zero-order chi connectivity index (χ0) is 5.82. The molecular weight excluding hydrogens is 100 g/mol. The number of hydrogen-bond acceptors (Lipinski definition) is 2. The quantitative estimate of drug-likeness (QED) is 0.458. The summed E-state index contributed by atoms with van der Waals surface area (Å²) in [6.07, 6.45) is 4.95. The van der Waals surface area contributed by atoms with Gasteiger partial charge in [-0.3, -0.25) is 0 Å². The zero-order valence-electron chi connectivity index (χ0n) is 4.18. The summed E-state index contributed by atoms with van der Waals surface area (Å²) in [5, 5.41) is 10.9. The molecule has 0 radical (unpaired) electrons. The minimum absolute atomic E-state index is 0.559. The van der Waals surface area contributed by atoms with E-state index in [2.05, 4.69) is 11.0 Å². The summed E-state index contributed by atoms with van der Waals surface area (Å²) in [4.78, 5) is 0. The molecule has 0 aromatic rings. The maximum Gasteiger partial charge on any atom is 0.118 e.